The molecule has 2 fully saturated rings. The van der Waals surface area contributed by atoms with E-state index in [9.17, 15) is 0 Å². The summed E-state index contributed by atoms with van der Waals surface area (Å²) in [5.74, 6) is 0. The van der Waals surface area contributed by atoms with Gasteiger partial charge in [-0.15, -0.1) is 0 Å². The number of likely N-dealkylation sites (tertiary alicyclic amines) is 1. The van der Waals surface area contributed by atoms with Crippen molar-refractivity contribution in [2.75, 3.05) is 26.2 Å². The number of nitrogens with one attached hydrogen (secondary N) is 1. The number of hydrogen-bond donors (Lipinski definition) is 2. The molecule has 0 aromatic carbocycles. The third-order valence-electron chi connectivity index (χ3n) is 5.11. The lowest BCUT2D eigenvalue weighted by Crippen LogP contribution is -2.60. The quantitative estimate of drug-likeness (QED) is 0.752. The molecule has 0 aromatic heterocycles. The Labute approximate surface area is 119 Å². The molecule has 1 saturated heterocycles. The fraction of sp³-hybridized carbons (Fsp3) is 1.00. The lowest BCUT2D eigenvalue weighted by Gasteiger charge is -2.44. The number of rotatable bonds is 5. The third-order valence-corrected chi connectivity index (χ3v) is 5.11. The van der Waals surface area contributed by atoms with Crippen LogP contribution in [0.1, 0.15) is 64.7 Å². The average molecular weight is 267 g/mol. The van der Waals surface area contributed by atoms with Crippen molar-refractivity contribution in [3.05, 3.63) is 0 Å². The van der Waals surface area contributed by atoms with Crippen molar-refractivity contribution in [3.63, 3.8) is 0 Å². The van der Waals surface area contributed by atoms with Gasteiger partial charge in [-0.05, 0) is 51.7 Å². The molecule has 2 aliphatic rings. The van der Waals surface area contributed by atoms with Crippen molar-refractivity contribution in [1.29, 1.82) is 0 Å². The zero-order valence-electron chi connectivity index (χ0n) is 12.8. The van der Waals surface area contributed by atoms with Crippen LogP contribution in [0.4, 0.5) is 0 Å². The molecule has 1 heterocycles. The second-order valence-corrected chi connectivity index (χ2v) is 6.66. The maximum Gasteiger partial charge on any atom is 0.0330 e. The molecule has 0 amide bonds. The van der Waals surface area contributed by atoms with Gasteiger partial charge in [-0.2, -0.15) is 0 Å². The van der Waals surface area contributed by atoms with Crippen LogP contribution < -0.4 is 11.1 Å². The lowest BCUT2D eigenvalue weighted by atomic mass is 9.86. The highest BCUT2D eigenvalue weighted by molar-refractivity contribution is 4.96. The van der Waals surface area contributed by atoms with Crippen LogP contribution >= 0.6 is 0 Å². The molecule has 0 radical (unpaired) electrons. The van der Waals surface area contributed by atoms with Crippen molar-refractivity contribution >= 4 is 0 Å². The van der Waals surface area contributed by atoms with E-state index in [2.05, 4.69) is 17.1 Å². The Morgan fingerprint density at radius 3 is 2.26 bits per heavy atom. The topological polar surface area (TPSA) is 41.3 Å². The second-order valence-electron chi connectivity index (χ2n) is 6.66. The van der Waals surface area contributed by atoms with Crippen LogP contribution in [0.5, 0.6) is 0 Å². The summed E-state index contributed by atoms with van der Waals surface area (Å²) in [4.78, 5) is 2.60. The van der Waals surface area contributed by atoms with Gasteiger partial charge < -0.3 is 16.0 Å². The molecule has 3 heteroatoms. The first-order valence-corrected chi connectivity index (χ1v) is 8.48. The minimum atomic E-state index is 0.235. The minimum absolute atomic E-state index is 0.235. The van der Waals surface area contributed by atoms with Gasteiger partial charge in [0.1, 0.15) is 0 Å². The van der Waals surface area contributed by atoms with E-state index in [1.54, 1.807) is 0 Å². The first-order chi connectivity index (χ1) is 9.28. The van der Waals surface area contributed by atoms with Gasteiger partial charge in [-0.1, -0.05) is 32.6 Å². The normalized spacial score (nSPS) is 26.2. The maximum atomic E-state index is 6.13. The van der Waals surface area contributed by atoms with Gasteiger partial charge in [-0.25, -0.2) is 0 Å². The fourth-order valence-electron chi connectivity index (χ4n) is 3.78. The molecule has 1 aliphatic heterocycles. The van der Waals surface area contributed by atoms with E-state index in [-0.39, 0.29) is 5.54 Å². The molecule has 0 aromatic rings. The molecule has 3 N–H and O–H groups in total. The summed E-state index contributed by atoms with van der Waals surface area (Å²) < 4.78 is 0. The van der Waals surface area contributed by atoms with E-state index in [0.717, 1.165) is 12.6 Å². The molecule has 3 nitrogen and oxygen atoms in total. The van der Waals surface area contributed by atoms with Crippen LogP contribution in [0.25, 0.3) is 0 Å². The van der Waals surface area contributed by atoms with Crippen molar-refractivity contribution < 1.29 is 0 Å². The van der Waals surface area contributed by atoms with E-state index in [4.69, 9.17) is 5.73 Å². The Bertz CT molecular complexity index is 238. The largest absolute Gasteiger partial charge is 0.329 e. The molecule has 0 spiro atoms. The predicted molar refractivity (Wildman–Crippen MR) is 82.4 cm³/mol. The first-order valence-electron chi connectivity index (χ1n) is 8.48. The number of nitrogens with zero attached hydrogens (tertiary/aromatic N) is 1. The Hall–Kier alpha value is -0.120. The van der Waals surface area contributed by atoms with Crippen molar-refractivity contribution in [2.24, 2.45) is 5.73 Å². The summed E-state index contributed by atoms with van der Waals surface area (Å²) >= 11 is 0. The molecule has 19 heavy (non-hydrogen) atoms. The van der Waals surface area contributed by atoms with Gasteiger partial charge in [0.15, 0.2) is 0 Å². The highest BCUT2D eigenvalue weighted by Crippen LogP contribution is 2.25. The van der Waals surface area contributed by atoms with Crippen molar-refractivity contribution in [2.45, 2.75) is 76.3 Å². The molecule has 0 atom stereocenters. The minimum Gasteiger partial charge on any atom is -0.329 e. The van der Waals surface area contributed by atoms with Crippen molar-refractivity contribution in [3.8, 4) is 0 Å². The Kier molecular flexibility index (Phi) is 6.11. The SMILES string of the molecule is CCCN1CCC(CN)(NC2CCCCCC2)CC1. The monoisotopic (exact) mass is 267 g/mol. The highest BCUT2D eigenvalue weighted by atomic mass is 15.2. The highest BCUT2D eigenvalue weighted by Gasteiger charge is 2.34. The molecule has 2 rings (SSSR count). The average Bonchev–Trinajstić information content (AvgIpc) is 2.70. The molecule has 0 unspecified atom stereocenters. The van der Waals surface area contributed by atoms with E-state index >= 15 is 0 Å². The predicted octanol–water partition coefficient (Wildman–Crippen LogP) is 2.50. The Balaban J connectivity index is 1.84. The van der Waals surface area contributed by atoms with E-state index in [0.29, 0.717) is 0 Å². The summed E-state index contributed by atoms with van der Waals surface area (Å²) in [5, 5.41) is 3.97. The van der Waals surface area contributed by atoms with Crippen LogP contribution in [0.3, 0.4) is 0 Å². The summed E-state index contributed by atoms with van der Waals surface area (Å²) in [5.41, 5.74) is 6.37. The molecule has 112 valence electrons. The standard InChI is InChI=1S/C16H33N3/c1-2-11-19-12-9-16(14-17,10-13-19)18-15-7-5-3-4-6-8-15/h15,18H,2-14,17H2,1H3. The van der Waals surface area contributed by atoms with Crippen molar-refractivity contribution in [1.82, 2.24) is 10.2 Å². The van der Waals surface area contributed by atoms with Gasteiger partial charge in [0.25, 0.3) is 0 Å². The third kappa shape index (κ3) is 4.44. The summed E-state index contributed by atoms with van der Waals surface area (Å²) in [6.07, 6.45) is 12.1. The molecular weight excluding hydrogens is 234 g/mol. The van der Waals surface area contributed by atoms with E-state index in [1.807, 2.05) is 0 Å². The van der Waals surface area contributed by atoms with Crippen LogP contribution in [-0.2, 0) is 0 Å². The van der Waals surface area contributed by atoms with Gasteiger partial charge in [0, 0.05) is 18.1 Å². The number of piperidine rings is 1. The number of nitrogens with two attached hydrogens (primary N) is 1. The van der Waals surface area contributed by atoms with E-state index < -0.39 is 0 Å². The smallest absolute Gasteiger partial charge is 0.0330 e. The molecule has 1 saturated carbocycles. The van der Waals surface area contributed by atoms with Crippen LogP contribution in [0.2, 0.25) is 0 Å². The van der Waals surface area contributed by atoms with E-state index in [1.165, 1.54) is 77.4 Å². The Morgan fingerprint density at radius 2 is 1.74 bits per heavy atom. The summed E-state index contributed by atoms with van der Waals surface area (Å²) in [7, 11) is 0. The zero-order chi connectivity index (χ0) is 13.6. The van der Waals surface area contributed by atoms with Gasteiger partial charge in [-0.3, -0.25) is 0 Å². The Morgan fingerprint density at radius 1 is 1.11 bits per heavy atom. The maximum absolute atomic E-state index is 6.13. The summed E-state index contributed by atoms with van der Waals surface area (Å²) in [6.45, 7) is 6.79. The van der Waals surface area contributed by atoms with Gasteiger partial charge >= 0.3 is 0 Å². The molecular formula is C16H33N3. The number of hydrogen-bond acceptors (Lipinski definition) is 3. The van der Waals surface area contributed by atoms with Crippen LogP contribution in [-0.4, -0.2) is 42.7 Å². The van der Waals surface area contributed by atoms with Gasteiger partial charge in [0.2, 0.25) is 0 Å². The van der Waals surface area contributed by atoms with Crippen LogP contribution in [0.15, 0.2) is 0 Å². The molecule has 0 bridgehead atoms. The van der Waals surface area contributed by atoms with Crippen LogP contribution in [0, 0.1) is 0 Å². The molecule has 1 aliphatic carbocycles. The fourth-order valence-corrected chi connectivity index (χ4v) is 3.78. The lowest BCUT2D eigenvalue weighted by molar-refractivity contribution is 0.126. The summed E-state index contributed by atoms with van der Waals surface area (Å²) in [6, 6.07) is 0.726. The second kappa shape index (κ2) is 7.61. The van der Waals surface area contributed by atoms with Gasteiger partial charge in [0.05, 0.1) is 0 Å². The first kappa shape index (κ1) is 15.3. The zero-order valence-corrected chi connectivity index (χ0v) is 12.8.